The number of rotatable bonds is 6. The fourth-order valence-corrected chi connectivity index (χ4v) is 6.85. The third kappa shape index (κ3) is 5.90. The number of carboxylic acid groups (broad SMARTS) is 1. The van der Waals surface area contributed by atoms with E-state index in [0.29, 0.717) is 23.5 Å². The van der Waals surface area contributed by atoms with Crippen molar-refractivity contribution in [1.29, 1.82) is 0 Å². The lowest BCUT2D eigenvalue weighted by Crippen LogP contribution is -2.44. The highest BCUT2D eigenvalue weighted by atomic mass is 32.1. The summed E-state index contributed by atoms with van der Waals surface area (Å²) in [4.78, 5) is 24.7. The van der Waals surface area contributed by atoms with Gasteiger partial charge in [0, 0.05) is 18.1 Å². The third-order valence-corrected chi connectivity index (χ3v) is 9.06. The number of hydrogen-bond donors (Lipinski definition) is 3. The Morgan fingerprint density at radius 2 is 1.93 bits per heavy atom. The maximum atomic E-state index is 13.2. The molecule has 2 heterocycles. The van der Waals surface area contributed by atoms with Crippen LogP contribution in [0.15, 0.2) is 42.7 Å². The molecule has 0 radical (unpaired) electrons. The number of aliphatic carboxylic acids is 1. The summed E-state index contributed by atoms with van der Waals surface area (Å²) in [6.45, 7) is 3.72. The van der Waals surface area contributed by atoms with Gasteiger partial charge in [-0.1, -0.05) is 19.9 Å². The number of anilines is 2. The van der Waals surface area contributed by atoms with Crippen LogP contribution in [0.2, 0.25) is 0 Å². The topological polar surface area (TPSA) is 108 Å². The van der Waals surface area contributed by atoms with Crippen molar-refractivity contribution < 1.29 is 28.2 Å². The zero-order chi connectivity index (χ0) is 28.7. The minimum absolute atomic E-state index is 0.160. The number of benzene rings is 1. The summed E-state index contributed by atoms with van der Waals surface area (Å²) in [6.07, 6.45) is 5.32. The van der Waals surface area contributed by atoms with Crippen LogP contribution in [0.25, 0.3) is 16.0 Å². The van der Waals surface area contributed by atoms with E-state index in [1.807, 2.05) is 32.0 Å². The van der Waals surface area contributed by atoms with Crippen LogP contribution < -0.4 is 5.32 Å². The Hall–Kier alpha value is -3.31. The average molecular weight is 573 g/mol. The van der Waals surface area contributed by atoms with Crippen molar-refractivity contribution in [3.8, 4) is 10.4 Å². The number of allylic oxidation sites excluding steroid dienone is 2. The Morgan fingerprint density at radius 1 is 1.15 bits per heavy atom. The van der Waals surface area contributed by atoms with Crippen LogP contribution in [0.1, 0.15) is 75.1 Å². The lowest BCUT2D eigenvalue weighted by molar-refractivity contribution is -0.154. The number of halogens is 3. The zero-order valence-electron chi connectivity index (χ0n) is 22.3. The van der Waals surface area contributed by atoms with Crippen molar-refractivity contribution in [2.45, 2.75) is 70.6 Å². The van der Waals surface area contributed by atoms with Crippen molar-refractivity contribution in [3.63, 3.8) is 0 Å². The van der Waals surface area contributed by atoms with E-state index in [4.69, 9.17) is 0 Å². The number of carbonyl (C=O) groups is 1. The first-order valence-corrected chi connectivity index (χ1v) is 14.1. The van der Waals surface area contributed by atoms with E-state index in [2.05, 4.69) is 26.3 Å². The highest BCUT2D eigenvalue weighted by molar-refractivity contribution is 7.15. The number of nitrogens with one attached hydrogen (secondary N) is 1. The molecule has 212 valence electrons. The second-order valence-corrected chi connectivity index (χ2v) is 12.3. The SMILES string of the molecule is CC1(C)CC(O)(c2ncc(-c3cc(Nc4nccc(C(F)(F)F)n4)cc(C4=CCCCC4)c3)s2)CCC1C(=O)O. The molecule has 5 rings (SSSR count). The maximum Gasteiger partial charge on any atom is 0.433 e. The number of aromatic nitrogens is 3. The Bertz CT molecular complexity index is 1450. The quantitative estimate of drug-likeness (QED) is 0.282. The van der Waals surface area contributed by atoms with E-state index in [1.54, 1.807) is 6.20 Å². The fourth-order valence-electron chi connectivity index (χ4n) is 5.84. The molecule has 3 aromatic rings. The van der Waals surface area contributed by atoms with Gasteiger partial charge in [-0.05, 0) is 91.3 Å². The summed E-state index contributed by atoms with van der Waals surface area (Å²) in [7, 11) is 0. The minimum atomic E-state index is -4.59. The molecule has 2 aliphatic carbocycles. The van der Waals surface area contributed by atoms with E-state index in [0.717, 1.165) is 54.0 Å². The molecule has 2 aromatic heterocycles. The van der Waals surface area contributed by atoms with Crippen LogP contribution in [0.3, 0.4) is 0 Å². The van der Waals surface area contributed by atoms with Gasteiger partial charge in [-0.25, -0.2) is 15.0 Å². The molecule has 0 bridgehead atoms. The molecule has 2 atom stereocenters. The molecular weight excluding hydrogens is 541 g/mol. The molecule has 2 unspecified atom stereocenters. The van der Waals surface area contributed by atoms with E-state index in [9.17, 15) is 28.2 Å². The lowest BCUT2D eigenvalue weighted by atomic mass is 9.63. The molecule has 0 amide bonds. The molecule has 1 aromatic carbocycles. The van der Waals surface area contributed by atoms with Gasteiger partial charge in [0.15, 0.2) is 0 Å². The maximum absolute atomic E-state index is 13.2. The highest BCUT2D eigenvalue weighted by Crippen LogP contribution is 2.51. The monoisotopic (exact) mass is 572 g/mol. The van der Waals surface area contributed by atoms with E-state index < -0.39 is 34.8 Å². The van der Waals surface area contributed by atoms with Gasteiger partial charge in [0.2, 0.25) is 5.95 Å². The Kier molecular flexibility index (Phi) is 7.47. The van der Waals surface area contributed by atoms with Gasteiger partial charge >= 0.3 is 12.1 Å². The highest BCUT2D eigenvalue weighted by Gasteiger charge is 2.49. The summed E-state index contributed by atoms with van der Waals surface area (Å²) >= 11 is 1.34. The number of alkyl halides is 3. The first kappa shape index (κ1) is 28.2. The van der Waals surface area contributed by atoms with Crippen LogP contribution in [-0.4, -0.2) is 31.1 Å². The molecular formula is C29H31F3N4O3S. The normalized spacial score (nSPS) is 22.9. The number of hydrogen-bond acceptors (Lipinski definition) is 7. The van der Waals surface area contributed by atoms with Gasteiger partial charge in [0.25, 0.3) is 0 Å². The Labute approximate surface area is 234 Å². The summed E-state index contributed by atoms with van der Waals surface area (Å²) in [6, 6.07) is 6.55. The van der Waals surface area contributed by atoms with Gasteiger partial charge in [0.1, 0.15) is 16.3 Å². The van der Waals surface area contributed by atoms with Crippen LogP contribution in [0, 0.1) is 11.3 Å². The van der Waals surface area contributed by atoms with Gasteiger partial charge < -0.3 is 15.5 Å². The number of carboxylic acids is 1. The molecule has 3 N–H and O–H groups in total. The molecule has 40 heavy (non-hydrogen) atoms. The number of thiazole rings is 1. The van der Waals surface area contributed by atoms with Crippen molar-refractivity contribution >= 4 is 34.5 Å². The van der Waals surface area contributed by atoms with Gasteiger partial charge in [-0.2, -0.15) is 13.2 Å². The third-order valence-electron chi connectivity index (χ3n) is 7.82. The van der Waals surface area contributed by atoms with E-state index in [-0.39, 0.29) is 12.4 Å². The zero-order valence-corrected chi connectivity index (χ0v) is 23.1. The van der Waals surface area contributed by atoms with Crippen molar-refractivity contribution in [3.05, 3.63) is 59.0 Å². The summed E-state index contributed by atoms with van der Waals surface area (Å²) in [5.41, 5.74) is 0.563. The predicted octanol–water partition coefficient (Wildman–Crippen LogP) is 7.42. The molecule has 0 saturated heterocycles. The molecule has 7 nitrogen and oxygen atoms in total. The lowest BCUT2D eigenvalue weighted by Gasteiger charge is -2.44. The summed E-state index contributed by atoms with van der Waals surface area (Å²) < 4.78 is 39.6. The van der Waals surface area contributed by atoms with Gasteiger partial charge in [-0.15, -0.1) is 11.3 Å². The molecule has 1 fully saturated rings. The Balaban J connectivity index is 1.49. The summed E-state index contributed by atoms with van der Waals surface area (Å²) in [5, 5.41) is 24.6. The smallest absolute Gasteiger partial charge is 0.433 e. The first-order valence-electron chi connectivity index (χ1n) is 13.3. The average Bonchev–Trinajstić information content (AvgIpc) is 3.40. The molecule has 1 saturated carbocycles. The molecule has 2 aliphatic rings. The van der Waals surface area contributed by atoms with Crippen LogP contribution in [0.4, 0.5) is 24.8 Å². The second-order valence-electron chi connectivity index (χ2n) is 11.3. The van der Waals surface area contributed by atoms with Gasteiger partial charge in [-0.3, -0.25) is 4.79 Å². The largest absolute Gasteiger partial charge is 0.481 e. The van der Waals surface area contributed by atoms with E-state index >= 15 is 0 Å². The standard InChI is InChI=1S/C29H31F3N4O3S/c1-27(2)16-28(39,10-8-21(27)24(37)38)25-34-15-22(40-25)19-12-18(17-6-4-3-5-7-17)13-20(14-19)35-26-33-11-9-23(36-26)29(30,31)32/h6,9,11-15,21,39H,3-5,7-8,10,16H2,1-2H3,(H,37,38)(H,33,35,36). The number of aliphatic hydroxyl groups is 1. The fraction of sp³-hybridized carbons (Fsp3) is 0.448. The molecule has 11 heteroatoms. The Morgan fingerprint density at radius 3 is 2.60 bits per heavy atom. The minimum Gasteiger partial charge on any atom is -0.481 e. The van der Waals surface area contributed by atoms with E-state index in [1.165, 1.54) is 16.9 Å². The van der Waals surface area contributed by atoms with Crippen LogP contribution in [0.5, 0.6) is 0 Å². The number of nitrogens with zero attached hydrogens (tertiary/aromatic N) is 3. The van der Waals surface area contributed by atoms with Crippen molar-refractivity contribution in [2.24, 2.45) is 11.3 Å². The summed E-state index contributed by atoms with van der Waals surface area (Å²) in [5.74, 6) is -1.56. The van der Waals surface area contributed by atoms with Crippen molar-refractivity contribution in [2.75, 3.05) is 5.32 Å². The van der Waals surface area contributed by atoms with Gasteiger partial charge in [0.05, 0.1) is 10.8 Å². The van der Waals surface area contributed by atoms with Crippen LogP contribution >= 0.6 is 11.3 Å². The molecule has 0 spiro atoms. The first-order chi connectivity index (χ1) is 18.8. The predicted molar refractivity (Wildman–Crippen MR) is 147 cm³/mol. The van der Waals surface area contributed by atoms with Crippen molar-refractivity contribution in [1.82, 2.24) is 15.0 Å². The molecule has 0 aliphatic heterocycles. The second kappa shape index (κ2) is 10.6. The van der Waals surface area contributed by atoms with Crippen LogP contribution in [-0.2, 0) is 16.6 Å².